The van der Waals surface area contributed by atoms with E-state index >= 15 is 0 Å². The Morgan fingerprint density at radius 3 is 2.60 bits per heavy atom. The van der Waals surface area contributed by atoms with Gasteiger partial charge in [-0.3, -0.25) is 4.99 Å². The average molecular weight is 426 g/mol. The van der Waals surface area contributed by atoms with Crippen molar-refractivity contribution >= 4 is 17.3 Å². The van der Waals surface area contributed by atoms with Crippen LogP contribution in [0.5, 0.6) is 11.6 Å². The van der Waals surface area contributed by atoms with Gasteiger partial charge in [-0.2, -0.15) is 0 Å². The highest BCUT2D eigenvalue weighted by Gasteiger charge is 2.02. The number of pyridine rings is 1. The van der Waals surface area contributed by atoms with Crippen LogP contribution in [-0.4, -0.2) is 42.7 Å². The molecule has 0 saturated carbocycles. The van der Waals surface area contributed by atoms with Gasteiger partial charge in [-0.25, -0.2) is 9.97 Å². The molecule has 7 nitrogen and oxygen atoms in total. The Kier molecular flexibility index (Phi) is 8.47. The second kappa shape index (κ2) is 11.8. The highest BCUT2D eigenvalue weighted by Crippen LogP contribution is 2.10. The Morgan fingerprint density at radius 1 is 1.07 bits per heavy atom. The van der Waals surface area contributed by atoms with Gasteiger partial charge in [0, 0.05) is 44.2 Å². The summed E-state index contributed by atoms with van der Waals surface area (Å²) in [5, 5.41) is 9.78. The number of aliphatic imine (C=N–C) groups is 1. The molecule has 1 aromatic carbocycles. The van der Waals surface area contributed by atoms with Crippen molar-refractivity contribution < 1.29 is 9.47 Å². The zero-order valence-electron chi connectivity index (χ0n) is 17.3. The summed E-state index contributed by atoms with van der Waals surface area (Å²) in [6, 6.07) is 13.5. The fourth-order valence-electron chi connectivity index (χ4n) is 2.66. The minimum Gasteiger partial charge on any atom is -0.490 e. The highest BCUT2D eigenvalue weighted by molar-refractivity contribution is 7.09. The molecule has 3 rings (SSSR count). The first-order valence-corrected chi connectivity index (χ1v) is 10.7. The van der Waals surface area contributed by atoms with Gasteiger partial charge in [-0.1, -0.05) is 24.3 Å². The molecular formula is C22H27N5O2S. The van der Waals surface area contributed by atoms with Crippen molar-refractivity contribution in [3.63, 3.8) is 0 Å². The van der Waals surface area contributed by atoms with Gasteiger partial charge < -0.3 is 20.1 Å². The number of para-hydroxylation sites is 1. The molecule has 0 saturated heterocycles. The number of hydrogen-bond acceptors (Lipinski definition) is 6. The lowest BCUT2D eigenvalue weighted by molar-refractivity contribution is 0.212. The lowest BCUT2D eigenvalue weighted by atomic mass is 10.3. The van der Waals surface area contributed by atoms with Gasteiger partial charge in [0.05, 0.1) is 10.7 Å². The van der Waals surface area contributed by atoms with Crippen LogP contribution in [0.15, 0.2) is 59.0 Å². The van der Waals surface area contributed by atoms with Gasteiger partial charge >= 0.3 is 0 Å². The molecule has 2 N–H and O–H groups in total. The van der Waals surface area contributed by atoms with Gasteiger partial charge in [0.2, 0.25) is 5.88 Å². The Hall–Kier alpha value is -3.13. The van der Waals surface area contributed by atoms with Gasteiger partial charge in [-0.05, 0) is 24.6 Å². The first kappa shape index (κ1) is 21.6. The number of ether oxygens (including phenoxy) is 2. The van der Waals surface area contributed by atoms with E-state index in [9.17, 15) is 0 Å². The molecule has 158 valence electrons. The molecule has 0 aliphatic rings. The van der Waals surface area contributed by atoms with Crippen molar-refractivity contribution in [3.8, 4) is 11.6 Å². The number of aromatic nitrogens is 2. The van der Waals surface area contributed by atoms with Crippen LogP contribution >= 0.6 is 11.3 Å². The van der Waals surface area contributed by atoms with Gasteiger partial charge in [0.1, 0.15) is 19.0 Å². The number of thiazole rings is 1. The van der Waals surface area contributed by atoms with Gasteiger partial charge in [0.15, 0.2) is 5.96 Å². The monoisotopic (exact) mass is 425 g/mol. The maximum atomic E-state index is 5.63. The Balaban J connectivity index is 1.33. The molecule has 0 aliphatic carbocycles. The number of benzene rings is 1. The summed E-state index contributed by atoms with van der Waals surface area (Å²) in [7, 11) is 1.76. The predicted molar refractivity (Wildman–Crippen MR) is 120 cm³/mol. The SMILES string of the molecule is CN=C(NCCc1csc(C)n1)NCc1ccc(OCCOc2ccccc2)nc1. The van der Waals surface area contributed by atoms with E-state index in [1.165, 1.54) is 0 Å². The summed E-state index contributed by atoms with van der Waals surface area (Å²) < 4.78 is 11.2. The molecule has 0 unspecified atom stereocenters. The number of nitrogens with one attached hydrogen (secondary N) is 2. The van der Waals surface area contributed by atoms with Crippen LogP contribution in [0.2, 0.25) is 0 Å². The van der Waals surface area contributed by atoms with E-state index in [2.05, 4.69) is 31.0 Å². The van der Waals surface area contributed by atoms with E-state index in [-0.39, 0.29) is 0 Å². The van der Waals surface area contributed by atoms with Crippen LogP contribution in [0.1, 0.15) is 16.3 Å². The number of nitrogens with zero attached hydrogens (tertiary/aromatic N) is 3. The van der Waals surface area contributed by atoms with Crippen molar-refractivity contribution in [2.24, 2.45) is 4.99 Å². The lowest BCUT2D eigenvalue weighted by Gasteiger charge is -2.12. The minimum absolute atomic E-state index is 0.439. The molecule has 0 atom stereocenters. The standard InChI is InChI=1S/C22H27N5O2S/c1-17-27-19(16-30-17)10-11-24-22(23-2)26-15-18-8-9-21(25-14-18)29-13-12-28-20-6-4-3-5-7-20/h3-9,14,16H,10-13,15H2,1-2H3,(H2,23,24,26). The molecule has 0 spiro atoms. The van der Waals surface area contributed by atoms with Crippen molar-refractivity contribution in [2.45, 2.75) is 19.9 Å². The van der Waals surface area contributed by atoms with Crippen LogP contribution in [0.3, 0.4) is 0 Å². The normalized spacial score (nSPS) is 11.2. The minimum atomic E-state index is 0.439. The maximum absolute atomic E-state index is 5.63. The van der Waals surface area contributed by atoms with Crippen LogP contribution in [-0.2, 0) is 13.0 Å². The van der Waals surface area contributed by atoms with E-state index in [1.807, 2.05) is 49.4 Å². The first-order valence-electron chi connectivity index (χ1n) is 9.84. The van der Waals surface area contributed by atoms with E-state index in [1.54, 1.807) is 24.6 Å². The molecular weight excluding hydrogens is 398 g/mol. The summed E-state index contributed by atoms with van der Waals surface area (Å²) in [4.78, 5) is 13.1. The molecule has 3 aromatic rings. The van der Waals surface area contributed by atoms with E-state index in [0.717, 1.165) is 40.9 Å². The molecule has 8 heteroatoms. The smallest absolute Gasteiger partial charge is 0.213 e. The number of guanidine groups is 1. The summed E-state index contributed by atoms with van der Waals surface area (Å²) in [6.45, 7) is 4.33. The average Bonchev–Trinajstić information content (AvgIpc) is 3.20. The van der Waals surface area contributed by atoms with Crippen LogP contribution in [0, 0.1) is 6.92 Å². The molecule has 0 aliphatic heterocycles. The zero-order valence-corrected chi connectivity index (χ0v) is 18.1. The van der Waals surface area contributed by atoms with Crippen molar-refractivity contribution in [1.82, 2.24) is 20.6 Å². The van der Waals surface area contributed by atoms with E-state index < -0.39 is 0 Å². The van der Waals surface area contributed by atoms with E-state index in [0.29, 0.717) is 25.6 Å². The summed E-state index contributed by atoms with van der Waals surface area (Å²) in [5.41, 5.74) is 2.15. The van der Waals surface area contributed by atoms with Crippen LogP contribution < -0.4 is 20.1 Å². The largest absolute Gasteiger partial charge is 0.490 e. The van der Waals surface area contributed by atoms with Gasteiger partial charge in [-0.15, -0.1) is 11.3 Å². The third-order valence-corrected chi connectivity index (χ3v) is 4.99. The number of aryl methyl sites for hydroxylation is 1. The summed E-state index contributed by atoms with van der Waals surface area (Å²) in [6.07, 6.45) is 2.67. The van der Waals surface area contributed by atoms with Crippen molar-refractivity contribution in [2.75, 3.05) is 26.8 Å². The predicted octanol–water partition coefficient (Wildman–Crippen LogP) is 3.21. The Morgan fingerprint density at radius 2 is 1.90 bits per heavy atom. The summed E-state index contributed by atoms with van der Waals surface area (Å²) in [5.74, 6) is 2.16. The third kappa shape index (κ3) is 7.36. The molecule has 2 heterocycles. The van der Waals surface area contributed by atoms with Crippen molar-refractivity contribution in [1.29, 1.82) is 0 Å². The highest BCUT2D eigenvalue weighted by atomic mass is 32.1. The quantitative estimate of drug-likeness (QED) is 0.295. The Bertz CT molecular complexity index is 913. The fourth-order valence-corrected chi connectivity index (χ4v) is 3.31. The second-order valence-electron chi connectivity index (χ2n) is 6.48. The molecule has 0 amide bonds. The van der Waals surface area contributed by atoms with Crippen molar-refractivity contribution in [3.05, 3.63) is 70.3 Å². The second-order valence-corrected chi connectivity index (χ2v) is 7.54. The molecule has 0 bridgehead atoms. The Labute approximate surface area is 181 Å². The zero-order chi connectivity index (χ0) is 21.0. The lowest BCUT2D eigenvalue weighted by Crippen LogP contribution is -2.37. The molecule has 0 fully saturated rings. The van der Waals surface area contributed by atoms with Gasteiger partial charge in [0.25, 0.3) is 0 Å². The maximum Gasteiger partial charge on any atom is 0.213 e. The van der Waals surface area contributed by atoms with Crippen LogP contribution in [0.4, 0.5) is 0 Å². The number of rotatable bonds is 10. The van der Waals surface area contributed by atoms with E-state index in [4.69, 9.17) is 9.47 Å². The summed E-state index contributed by atoms with van der Waals surface area (Å²) >= 11 is 1.67. The molecule has 2 aromatic heterocycles. The molecule has 30 heavy (non-hydrogen) atoms. The third-order valence-electron chi connectivity index (χ3n) is 4.17. The number of hydrogen-bond donors (Lipinski definition) is 2. The fraction of sp³-hybridized carbons (Fsp3) is 0.318. The first-order chi connectivity index (χ1) is 14.7. The molecule has 0 radical (unpaired) electrons. The topological polar surface area (TPSA) is 80.7 Å². The van der Waals surface area contributed by atoms with Crippen LogP contribution in [0.25, 0.3) is 0 Å².